The zero-order valence-electron chi connectivity index (χ0n) is 22.6. The van der Waals surface area contributed by atoms with Crippen LogP contribution in [0.1, 0.15) is 46.4 Å². The van der Waals surface area contributed by atoms with Gasteiger partial charge in [-0.05, 0) is 30.2 Å². The number of aliphatic hydroxyl groups excluding tert-OH is 1. The van der Waals surface area contributed by atoms with Gasteiger partial charge in [-0.15, -0.1) is 5.10 Å². The van der Waals surface area contributed by atoms with E-state index in [2.05, 4.69) is 44.4 Å². The maximum Gasteiger partial charge on any atom is 0.354 e. The summed E-state index contributed by atoms with van der Waals surface area (Å²) in [5, 5.41) is 27.6. The lowest BCUT2D eigenvalue weighted by atomic mass is 9.91. The molecule has 2 aliphatic rings. The Morgan fingerprint density at radius 2 is 1.95 bits per heavy atom. The van der Waals surface area contributed by atoms with Crippen molar-refractivity contribution in [2.75, 3.05) is 37.7 Å². The fraction of sp³-hybridized carbons (Fsp3) is 0.357. The number of fused-ring (bicyclic) bond motifs is 1. The summed E-state index contributed by atoms with van der Waals surface area (Å²) in [6.07, 6.45) is 2.05. The molecule has 2 saturated heterocycles. The number of urea groups is 1. The molecule has 212 valence electrons. The van der Waals surface area contributed by atoms with E-state index >= 15 is 0 Å². The number of carboxylic acids is 1. The van der Waals surface area contributed by atoms with Crippen LogP contribution in [0.3, 0.4) is 0 Å². The van der Waals surface area contributed by atoms with E-state index < -0.39 is 17.6 Å². The Balaban J connectivity index is 1.08. The van der Waals surface area contributed by atoms with Gasteiger partial charge in [0.05, 0.1) is 24.9 Å². The van der Waals surface area contributed by atoms with Gasteiger partial charge in [-0.3, -0.25) is 0 Å². The van der Waals surface area contributed by atoms with Crippen LogP contribution >= 0.6 is 0 Å². The molecule has 6 rings (SSSR count). The van der Waals surface area contributed by atoms with Crippen molar-refractivity contribution in [2.45, 2.75) is 31.4 Å². The lowest BCUT2D eigenvalue weighted by molar-refractivity contribution is 0.0690. The van der Waals surface area contributed by atoms with E-state index in [1.165, 1.54) is 22.7 Å². The topological polar surface area (TPSA) is 158 Å². The summed E-state index contributed by atoms with van der Waals surface area (Å²) in [5.74, 6) is 0.240. The summed E-state index contributed by atoms with van der Waals surface area (Å²) in [6.45, 7) is 5.74. The van der Waals surface area contributed by atoms with Crippen LogP contribution in [0.2, 0.25) is 0 Å². The summed E-state index contributed by atoms with van der Waals surface area (Å²) in [6, 6.07) is 13.1. The van der Waals surface area contributed by atoms with Crippen LogP contribution in [-0.4, -0.2) is 90.0 Å². The number of amides is 2. The van der Waals surface area contributed by atoms with Gasteiger partial charge in [0, 0.05) is 31.7 Å². The molecule has 0 saturated carbocycles. The molecule has 2 amide bonds. The van der Waals surface area contributed by atoms with Crippen LogP contribution < -0.4 is 15.0 Å². The smallest absolute Gasteiger partial charge is 0.354 e. The van der Waals surface area contributed by atoms with Crippen LogP contribution in [0.5, 0.6) is 5.75 Å². The first-order valence-electron chi connectivity index (χ1n) is 13.3. The molecule has 13 nitrogen and oxygen atoms in total. The minimum atomic E-state index is -1.13. The normalized spacial score (nSPS) is 17.4. The summed E-state index contributed by atoms with van der Waals surface area (Å²) < 4.78 is 7.64. The van der Waals surface area contributed by atoms with Gasteiger partial charge in [0.2, 0.25) is 5.95 Å². The van der Waals surface area contributed by atoms with E-state index in [9.17, 15) is 19.8 Å². The van der Waals surface area contributed by atoms with Crippen molar-refractivity contribution in [3.63, 3.8) is 0 Å². The molecule has 5 heterocycles. The maximum absolute atomic E-state index is 12.8. The highest BCUT2D eigenvalue weighted by Gasteiger charge is 2.52. The minimum absolute atomic E-state index is 0.0203. The van der Waals surface area contributed by atoms with Crippen LogP contribution in [0.4, 0.5) is 10.7 Å². The first-order valence-corrected chi connectivity index (χ1v) is 13.3. The zero-order valence-corrected chi connectivity index (χ0v) is 22.6. The number of nitrogens with zero attached hydrogens (tertiary/aromatic N) is 7. The van der Waals surface area contributed by atoms with Gasteiger partial charge in [-0.25, -0.2) is 29.1 Å². The number of hydrogen-bond donors (Lipinski definition) is 3. The van der Waals surface area contributed by atoms with Crippen LogP contribution in [0.15, 0.2) is 54.9 Å². The van der Waals surface area contributed by atoms with E-state index in [1.807, 2.05) is 31.2 Å². The van der Waals surface area contributed by atoms with Crippen molar-refractivity contribution >= 4 is 23.6 Å². The van der Waals surface area contributed by atoms with Gasteiger partial charge >= 0.3 is 12.0 Å². The molecule has 2 aliphatic heterocycles. The summed E-state index contributed by atoms with van der Waals surface area (Å²) in [5.41, 5.74) is 2.02. The van der Waals surface area contributed by atoms with Crippen LogP contribution in [-0.2, 0) is 0 Å². The quantitative estimate of drug-likeness (QED) is 0.277. The van der Waals surface area contributed by atoms with Crippen LogP contribution in [0.25, 0.3) is 5.65 Å². The number of aryl methyl sites for hydroxylation is 1. The Labute approximate surface area is 235 Å². The standard InChI is InChI=1S/C28H30N8O5/c1-17-10-20(41-13-18(2)19-6-4-3-5-7-19)11-36-24(17)31-23(33-36)22(37)12-34-14-28(32-27(34)40)15-35(16-28)26-29-9-8-21(30-26)25(38)39/h3-11,18,22,37H,12-16H2,1-2H3,(H,32,40)(H,38,39)/t18-,22?/m0/s1. The fourth-order valence-corrected chi connectivity index (χ4v) is 5.30. The number of carboxylic acid groups (broad SMARTS) is 1. The second-order valence-corrected chi connectivity index (χ2v) is 10.7. The molecule has 0 aliphatic carbocycles. The monoisotopic (exact) mass is 558 g/mol. The van der Waals surface area contributed by atoms with Crippen molar-refractivity contribution in [2.24, 2.45) is 0 Å². The SMILES string of the molecule is Cc1cc(OC[C@H](C)c2ccccc2)cn2nc(C(O)CN3CC4(CN(c5nccc(C(=O)O)n5)C4)NC3=O)nc12. The number of benzene rings is 1. The number of aromatic carboxylic acids is 1. The highest BCUT2D eigenvalue weighted by molar-refractivity contribution is 5.85. The highest BCUT2D eigenvalue weighted by Crippen LogP contribution is 2.31. The van der Waals surface area contributed by atoms with Crippen molar-refractivity contribution in [1.29, 1.82) is 0 Å². The fourth-order valence-electron chi connectivity index (χ4n) is 5.30. The average molecular weight is 559 g/mol. The van der Waals surface area contributed by atoms with Gasteiger partial charge in [-0.1, -0.05) is 37.3 Å². The lowest BCUT2D eigenvalue weighted by Gasteiger charge is -2.47. The lowest BCUT2D eigenvalue weighted by Crippen LogP contribution is -2.69. The highest BCUT2D eigenvalue weighted by atomic mass is 16.5. The largest absolute Gasteiger partial charge is 0.491 e. The van der Waals surface area contributed by atoms with Gasteiger partial charge in [0.1, 0.15) is 11.9 Å². The average Bonchev–Trinajstić information content (AvgIpc) is 3.53. The number of hydrogen-bond acceptors (Lipinski definition) is 9. The summed E-state index contributed by atoms with van der Waals surface area (Å²) >= 11 is 0. The molecule has 2 fully saturated rings. The second kappa shape index (κ2) is 10.3. The van der Waals surface area contributed by atoms with Crippen molar-refractivity contribution < 1.29 is 24.5 Å². The van der Waals surface area contributed by atoms with Gasteiger partial charge in [0.15, 0.2) is 17.2 Å². The van der Waals surface area contributed by atoms with Gasteiger partial charge < -0.3 is 30.1 Å². The Bertz CT molecular complexity index is 1600. The van der Waals surface area contributed by atoms with E-state index in [0.29, 0.717) is 43.6 Å². The number of β-amino-alcohol motifs (C(OH)–C–C–N with tert-alkyl or cyclic N) is 1. The second-order valence-electron chi connectivity index (χ2n) is 10.7. The molecule has 0 radical (unpaired) electrons. The molecule has 1 spiro atoms. The van der Waals surface area contributed by atoms with Crippen molar-refractivity contribution in [1.82, 2.24) is 34.8 Å². The van der Waals surface area contributed by atoms with E-state index in [4.69, 9.17) is 4.74 Å². The Kier molecular flexibility index (Phi) is 6.66. The number of nitrogens with one attached hydrogen (secondary N) is 1. The van der Waals surface area contributed by atoms with Crippen molar-refractivity contribution in [3.05, 3.63) is 77.5 Å². The first-order chi connectivity index (χ1) is 19.7. The molecule has 3 aromatic heterocycles. The summed E-state index contributed by atoms with van der Waals surface area (Å²) in [4.78, 5) is 40.0. The van der Waals surface area contributed by atoms with Gasteiger partial charge in [-0.2, -0.15) is 0 Å². The first kappa shape index (κ1) is 26.4. The molecule has 1 aromatic carbocycles. The predicted molar refractivity (Wildman–Crippen MR) is 147 cm³/mol. The zero-order chi connectivity index (χ0) is 28.7. The Morgan fingerprint density at radius 3 is 2.71 bits per heavy atom. The number of anilines is 1. The summed E-state index contributed by atoms with van der Waals surface area (Å²) in [7, 11) is 0. The van der Waals surface area contributed by atoms with E-state index in [1.54, 1.807) is 15.6 Å². The molecule has 41 heavy (non-hydrogen) atoms. The molecule has 3 N–H and O–H groups in total. The van der Waals surface area contributed by atoms with E-state index in [0.717, 1.165) is 5.56 Å². The number of aromatic nitrogens is 5. The number of pyridine rings is 1. The number of carbonyl (C=O) groups is 2. The maximum atomic E-state index is 12.8. The molecule has 2 atom stereocenters. The number of ether oxygens (including phenoxy) is 1. The number of carbonyl (C=O) groups excluding carboxylic acids is 1. The molecule has 0 bridgehead atoms. The number of rotatable bonds is 9. The van der Waals surface area contributed by atoms with Crippen LogP contribution in [0, 0.1) is 6.92 Å². The third-order valence-corrected chi connectivity index (χ3v) is 7.45. The van der Waals surface area contributed by atoms with E-state index in [-0.39, 0.29) is 30.0 Å². The molecule has 4 aromatic rings. The third kappa shape index (κ3) is 5.23. The predicted octanol–water partition coefficient (Wildman–Crippen LogP) is 2.03. The Morgan fingerprint density at radius 1 is 1.17 bits per heavy atom. The molecule has 13 heteroatoms. The Hall–Kier alpha value is -4.78. The molecular formula is C28H30N8O5. The molecule has 1 unspecified atom stereocenters. The minimum Gasteiger partial charge on any atom is -0.491 e. The number of aliphatic hydroxyl groups is 1. The van der Waals surface area contributed by atoms with Crippen molar-refractivity contribution in [3.8, 4) is 5.75 Å². The molecular weight excluding hydrogens is 528 g/mol. The third-order valence-electron chi connectivity index (χ3n) is 7.45. The van der Waals surface area contributed by atoms with Gasteiger partial charge in [0.25, 0.3) is 0 Å².